The van der Waals surface area contributed by atoms with Crippen LogP contribution in [0.2, 0.25) is 0 Å². The first kappa shape index (κ1) is 22.4. The maximum absolute atomic E-state index is 13.6. The van der Waals surface area contributed by atoms with Crippen molar-refractivity contribution < 1.29 is 22.7 Å². The Balaban J connectivity index is 1.81. The lowest BCUT2D eigenvalue weighted by molar-refractivity contribution is 0.0882. The molecule has 1 amide bonds. The molecule has 0 radical (unpaired) electrons. The highest BCUT2D eigenvalue weighted by atomic mass is 19.2. The molecule has 2 heterocycles. The van der Waals surface area contributed by atoms with E-state index in [9.17, 15) is 18.4 Å². The molecule has 0 aliphatic carbocycles. The lowest BCUT2D eigenvalue weighted by Crippen LogP contribution is -2.43. The molecule has 0 aliphatic rings. The van der Waals surface area contributed by atoms with E-state index in [0.717, 1.165) is 12.1 Å². The number of hydrogen-bond donors (Lipinski definition) is 1. The number of halogens is 2. The lowest BCUT2D eigenvalue weighted by atomic mass is 10.0. The highest BCUT2D eigenvalue weighted by Gasteiger charge is 2.21. The summed E-state index contributed by atoms with van der Waals surface area (Å²) in [5.74, 6) is -1.77. The highest BCUT2D eigenvalue weighted by Crippen LogP contribution is 2.19. The number of carbonyl (C=O) groups excluding carboxylic acids is 1. The number of ether oxygens (including phenoxy) is 1. The van der Waals surface area contributed by atoms with Crippen LogP contribution in [0.3, 0.4) is 0 Å². The minimum absolute atomic E-state index is 0.0296. The molecule has 0 saturated carbocycles. The van der Waals surface area contributed by atoms with Gasteiger partial charge >= 0.3 is 0 Å². The van der Waals surface area contributed by atoms with Gasteiger partial charge in [0, 0.05) is 18.7 Å². The van der Waals surface area contributed by atoms with Gasteiger partial charge in [-0.1, -0.05) is 13.8 Å². The molecular weight excluding hydrogens is 408 g/mol. The van der Waals surface area contributed by atoms with E-state index in [0.29, 0.717) is 17.0 Å². The Morgan fingerprint density at radius 1 is 1.16 bits per heavy atom. The van der Waals surface area contributed by atoms with Crippen molar-refractivity contribution in [3.8, 4) is 11.3 Å². The Labute approximate surface area is 177 Å². The number of amides is 1. The number of aromatic nitrogens is 2. The normalized spacial score (nSPS) is 12.2. The molecule has 1 N–H and O–H groups in total. The van der Waals surface area contributed by atoms with Gasteiger partial charge in [-0.05, 0) is 42.3 Å². The Bertz CT molecular complexity index is 1120. The van der Waals surface area contributed by atoms with Crippen LogP contribution in [0.4, 0.5) is 8.78 Å². The van der Waals surface area contributed by atoms with Gasteiger partial charge < -0.3 is 14.5 Å². The molecule has 31 heavy (non-hydrogen) atoms. The van der Waals surface area contributed by atoms with E-state index in [1.165, 1.54) is 30.0 Å². The van der Waals surface area contributed by atoms with Gasteiger partial charge in [0.25, 0.3) is 11.5 Å². The maximum atomic E-state index is 13.6. The third-order valence-electron chi connectivity index (χ3n) is 4.74. The summed E-state index contributed by atoms with van der Waals surface area (Å²) in [7, 11) is 1.52. The fourth-order valence-corrected chi connectivity index (χ4v) is 2.96. The summed E-state index contributed by atoms with van der Waals surface area (Å²) >= 11 is 0. The second kappa shape index (κ2) is 9.65. The van der Waals surface area contributed by atoms with Gasteiger partial charge in [-0.25, -0.2) is 13.5 Å². The smallest absolute Gasteiger partial charge is 0.287 e. The monoisotopic (exact) mass is 431 g/mol. The Hall–Kier alpha value is -3.33. The van der Waals surface area contributed by atoms with Crippen LogP contribution in [0.5, 0.6) is 0 Å². The summed E-state index contributed by atoms with van der Waals surface area (Å²) in [6, 6.07) is 8.90. The first-order chi connectivity index (χ1) is 14.8. The summed E-state index contributed by atoms with van der Waals surface area (Å²) in [4.78, 5) is 24.9. The molecule has 0 aliphatic heterocycles. The minimum atomic E-state index is -1.00. The number of nitrogens with zero attached hydrogens (tertiary/aromatic N) is 2. The molecule has 0 bridgehead atoms. The fraction of sp³-hybridized carbons (Fsp3) is 0.318. The van der Waals surface area contributed by atoms with E-state index in [2.05, 4.69) is 10.4 Å². The molecule has 0 saturated heterocycles. The van der Waals surface area contributed by atoms with E-state index in [1.807, 2.05) is 13.8 Å². The predicted molar refractivity (Wildman–Crippen MR) is 109 cm³/mol. The minimum Gasteiger partial charge on any atom is -0.453 e. The van der Waals surface area contributed by atoms with Crippen molar-refractivity contribution in [2.24, 2.45) is 5.92 Å². The summed E-state index contributed by atoms with van der Waals surface area (Å²) in [6.45, 7) is 4.13. The Morgan fingerprint density at radius 3 is 2.61 bits per heavy atom. The van der Waals surface area contributed by atoms with Crippen LogP contribution in [-0.4, -0.2) is 28.8 Å². The van der Waals surface area contributed by atoms with Gasteiger partial charge in [-0.15, -0.1) is 0 Å². The SMILES string of the molecule is COCc1ccc(C(=O)N[C@@H](Cn2nc(-c3ccc(F)c(F)c3)ccc2=O)C(C)C)o1. The van der Waals surface area contributed by atoms with E-state index in [1.54, 1.807) is 12.1 Å². The van der Waals surface area contributed by atoms with Crippen LogP contribution in [-0.2, 0) is 17.9 Å². The van der Waals surface area contributed by atoms with Gasteiger partial charge in [0.05, 0.1) is 18.3 Å². The van der Waals surface area contributed by atoms with Crippen molar-refractivity contribution in [2.75, 3.05) is 7.11 Å². The van der Waals surface area contributed by atoms with E-state index in [-0.39, 0.29) is 30.4 Å². The number of benzene rings is 1. The zero-order valence-corrected chi connectivity index (χ0v) is 17.4. The third kappa shape index (κ3) is 5.43. The number of furan rings is 1. The van der Waals surface area contributed by atoms with Crippen LogP contribution in [0.25, 0.3) is 11.3 Å². The van der Waals surface area contributed by atoms with Crippen molar-refractivity contribution in [1.82, 2.24) is 15.1 Å². The van der Waals surface area contributed by atoms with Crippen LogP contribution in [0.1, 0.15) is 30.2 Å². The van der Waals surface area contributed by atoms with Gasteiger partial charge in [0.1, 0.15) is 12.4 Å². The zero-order valence-electron chi connectivity index (χ0n) is 17.4. The number of rotatable bonds is 8. The molecule has 3 rings (SSSR count). The molecule has 1 aromatic carbocycles. The van der Waals surface area contributed by atoms with E-state index < -0.39 is 23.6 Å². The van der Waals surface area contributed by atoms with Crippen molar-refractivity contribution in [3.63, 3.8) is 0 Å². The molecule has 2 aromatic heterocycles. The van der Waals surface area contributed by atoms with Crippen LogP contribution >= 0.6 is 0 Å². The standard InChI is InChI=1S/C22H23F2N3O4/c1-13(2)19(25-22(29)20-8-5-15(31-20)12-30-3)11-27-21(28)9-7-18(26-27)14-4-6-16(23)17(24)10-14/h4-10,13,19H,11-12H2,1-3H3,(H,25,29)/t19-/m0/s1. The largest absolute Gasteiger partial charge is 0.453 e. The van der Waals surface area contributed by atoms with Gasteiger partial charge in [0.15, 0.2) is 17.4 Å². The maximum Gasteiger partial charge on any atom is 0.287 e. The van der Waals surface area contributed by atoms with Crippen molar-refractivity contribution >= 4 is 5.91 Å². The summed E-state index contributed by atoms with van der Waals surface area (Å²) in [5.41, 5.74) is 0.258. The zero-order chi connectivity index (χ0) is 22.5. The van der Waals surface area contributed by atoms with Gasteiger partial charge in [-0.2, -0.15) is 5.10 Å². The second-order valence-electron chi connectivity index (χ2n) is 7.39. The average Bonchev–Trinajstić information content (AvgIpc) is 3.20. The molecule has 0 fully saturated rings. The van der Waals surface area contributed by atoms with E-state index in [4.69, 9.17) is 9.15 Å². The van der Waals surface area contributed by atoms with Crippen LogP contribution in [0.15, 0.2) is 51.7 Å². The van der Waals surface area contributed by atoms with E-state index >= 15 is 0 Å². The average molecular weight is 431 g/mol. The first-order valence-electron chi connectivity index (χ1n) is 9.70. The summed E-state index contributed by atoms with van der Waals surface area (Å²) in [5, 5.41) is 7.12. The van der Waals surface area contributed by atoms with Gasteiger partial charge in [0.2, 0.25) is 0 Å². The second-order valence-corrected chi connectivity index (χ2v) is 7.39. The van der Waals surface area contributed by atoms with Gasteiger partial charge in [-0.3, -0.25) is 9.59 Å². The Kier molecular flexibility index (Phi) is 6.96. The number of carbonyl (C=O) groups is 1. The third-order valence-corrected chi connectivity index (χ3v) is 4.74. The van der Waals surface area contributed by atoms with Crippen molar-refractivity contribution in [1.29, 1.82) is 0 Å². The molecule has 3 aromatic rings. The summed E-state index contributed by atoms with van der Waals surface area (Å²) in [6.07, 6.45) is 0. The number of nitrogens with one attached hydrogen (secondary N) is 1. The van der Waals surface area contributed by atoms with Crippen LogP contribution in [0, 0.1) is 17.6 Å². The predicted octanol–water partition coefficient (Wildman–Crippen LogP) is 3.38. The van der Waals surface area contributed by atoms with Crippen molar-refractivity contribution in [2.45, 2.75) is 33.0 Å². The quantitative estimate of drug-likeness (QED) is 0.591. The molecule has 0 unspecified atom stereocenters. The molecule has 164 valence electrons. The molecule has 0 spiro atoms. The van der Waals surface area contributed by atoms with Crippen LogP contribution < -0.4 is 10.9 Å². The Morgan fingerprint density at radius 2 is 1.94 bits per heavy atom. The fourth-order valence-electron chi connectivity index (χ4n) is 2.96. The molecule has 9 heteroatoms. The molecule has 7 nitrogen and oxygen atoms in total. The molecular formula is C22H23F2N3O4. The number of methoxy groups -OCH3 is 1. The van der Waals surface area contributed by atoms with Crippen molar-refractivity contribution in [3.05, 3.63) is 76.0 Å². The highest BCUT2D eigenvalue weighted by molar-refractivity contribution is 5.91. The topological polar surface area (TPSA) is 86.4 Å². The lowest BCUT2D eigenvalue weighted by Gasteiger charge is -2.22. The number of hydrogen-bond acceptors (Lipinski definition) is 5. The molecule has 1 atom stereocenters. The first-order valence-corrected chi connectivity index (χ1v) is 9.70. The summed E-state index contributed by atoms with van der Waals surface area (Å²) < 4.78 is 38.4.